The molecule has 2 rings (SSSR count). The van der Waals surface area contributed by atoms with Gasteiger partial charge in [0.15, 0.2) is 16.6 Å². The number of thiocarbonyl (C=S) groups is 1. The number of phenols is 1. The van der Waals surface area contributed by atoms with E-state index in [2.05, 4.69) is 4.74 Å². The maximum atomic E-state index is 12.4. The van der Waals surface area contributed by atoms with E-state index in [0.717, 1.165) is 4.90 Å². The lowest BCUT2D eigenvalue weighted by atomic mass is 10.1. The maximum Gasteiger partial charge on any atom is 0.325 e. The van der Waals surface area contributed by atoms with E-state index in [-0.39, 0.29) is 17.4 Å². The van der Waals surface area contributed by atoms with Gasteiger partial charge in [0.1, 0.15) is 12.2 Å². The molecule has 8 heteroatoms. The van der Waals surface area contributed by atoms with Crippen molar-refractivity contribution in [2.75, 3.05) is 27.8 Å². The number of aromatic hydroxyl groups is 1. The highest BCUT2D eigenvalue weighted by atomic mass is 32.1. The number of ether oxygens (including phenoxy) is 2. The molecule has 0 aliphatic carbocycles. The summed E-state index contributed by atoms with van der Waals surface area (Å²) in [6.45, 7) is -0.246. The quantitative estimate of drug-likeness (QED) is 0.499. The van der Waals surface area contributed by atoms with Crippen LogP contribution in [0.25, 0.3) is 6.08 Å². The molecule has 23 heavy (non-hydrogen) atoms. The topological polar surface area (TPSA) is 79.3 Å². The fourth-order valence-corrected chi connectivity index (χ4v) is 2.34. The van der Waals surface area contributed by atoms with Gasteiger partial charge < -0.3 is 19.5 Å². The molecule has 0 aromatic heterocycles. The van der Waals surface area contributed by atoms with Crippen LogP contribution in [-0.2, 0) is 14.3 Å². The van der Waals surface area contributed by atoms with Crippen molar-refractivity contribution in [3.63, 3.8) is 0 Å². The summed E-state index contributed by atoms with van der Waals surface area (Å²) in [5.41, 5.74) is 0.893. The molecule has 7 nitrogen and oxygen atoms in total. The molecule has 122 valence electrons. The standard InChI is InChI=1S/C15H16N2O5S/c1-16-10(6-9-4-5-12(21-2)11(18)7-9)14(20)17(15(16)23)8-13(19)22-3/h4-7,18H,8H2,1-3H3/b10-6-. The first-order chi connectivity index (χ1) is 10.9. The molecule has 1 heterocycles. The number of hydrogen-bond acceptors (Lipinski definition) is 6. The molecule has 1 fully saturated rings. The van der Waals surface area contributed by atoms with Gasteiger partial charge >= 0.3 is 5.97 Å². The summed E-state index contributed by atoms with van der Waals surface area (Å²) in [5, 5.41) is 10.0. The van der Waals surface area contributed by atoms with Crippen molar-refractivity contribution in [3.05, 3.63) is 29.5 Å². The van der Waals surface area contributed by atoms with Gasteiger partial charge in [-0.15, -0.1) is 0 Å². The van der Waals surface area contributed by atoms with Crippen molar-refractivity contribution in [2.45, 2.75) is 0 Å². The van der Waals surface area contributed by atoms with E-state index in [0.29, 0.717) is 17.0 Å². The Hall–Kier alpha value is -2.61. The number of amides is 1. The van der Waals surface area contributed by atoms with Crippen LogP contribution in [0.1, 0.15) is 5.56 Å². The monoisotopic (exact) mass is 336 g/mol. The molecule has 0 saturated carbocycles. The molecule has 0 spiro atoms. The first-order valence-electron chi connectivity index (χ1n) is 6.64. The Kier molecular flexibility index (Phi) is 4.85. The third-order valence-corrected chi connectivity index (χ3v) is 3.86. The van der Waals surface area contributed by atoms with Gasteiger partial charge in [0.25, 0.3) is 5.91 Å². The summed E-state index contributed by atoms with van der Waals surface area (Å²) >= 11 is 5.18. The second-order valence-electron chi connectivity index (χ2n) is 4.77. The van der Waals surface area contributed by atoms with Crippen LogP contribution in [0.2, 0.25) is 0 Å². The second-order valence-corrected chi connectivity index (χ2v) is 5.14. The maximum absolute atomic E-state index is 12.4. The number of carbonyl (C=O) groups excluding carboxylic acids is 2. The van der Waals surface area contributed by atoms with Gasteiger partial charge in [-0.1, -0.05) is 6.07 Å². The highest BCUT2D eigenvalue weighted by molar-refractivity contribution is 7.80. The van der Waals surface area contributed by atoms with Crippen molar-refractivity contribution in [3.8, 4) is 11.5 Å². The van der Waals surface area contributed by atoms with E-state index in [1.165, 1.54) is 25.2 Å². The first kappa shape index (κ1) is 16.8. The van der Waals surface area contributed by atoms with Gasteiger partial charge in [-0.3, -0.25) is 14.5 Å². The fourth-order valence-electron chi connectivity index (χ4n) is 2.10. The molecule has 1 aliphatic rings. The molecule has 1 N–H and O–H groups in total. The van der Waals surface area contributed by atoms with Crippen molar-refractivity contribution in [1.29, 1.82) is 0 Å². The van der Waals surface area contributed by atoms with Gasteiger partial charge in [0, 0.05) is 7.05 Å². The zero-order chi connectivity index (χ0) is 17.1. The number of carbonyl (C=O) groups is 2. The highest BCUT2D eigenvalue weighted by Crippen LogP contribution is 2.29. The van der Waals surface area contributed by atoms with Gasteiger partial charge in [0.2, 0.25) is 0 Å². The summed E-state index contributed by atoms with van der Waals surface area (Å²) in [7, 11) is 4.32. The number of phenolic OH excluding ortho intramolecular Hbond substituents is 1. The van der Waals surface area contributed by atoms with Crippen LogP contribution < -0.4 is 4.74 Å². The Labute approximate surface area is 138 Å². The fraction of sp³-hybridized carbons (Fsp3) is 0.267. The van der Waals surface area contributed by atoms with Crippen LogP contribution in [0.5, 0.6) is 11.5 Å². The molecule has 1 aliphatic heterocycles. The van der Waals surface area contributed by atoms with Gasteiger partial charge in [-0.05, 0) is 36.0 Å². The van der Waals surface area contributed by atoms with Gasteiger partial charge in [0.05, 0.1) is 14.2 Å². The van der Waals surface area contributed by atoms with E-state index in [4.69, 9.17) is 17.0 Å². The van der Waals surface area contributed by atoms with E-state index < -0.39 is 11.9 Å². The van der Waals surface area contributed by atoms with Crippen LogP contribution in [0.3, 0.4) is 0 Å². The molecule has 1 amide bonds. The van der Waals surface area contributed by atoms with Crippen LogP contribution in [-0.4, -0.2) is 59.7 Å². The number of esters is 1. The van der Waals surface area contributed by atoms with E-state index >= 15 is 0 Å². The predicted octanol–water partition coefficient (Wildman–Crippen LogP) is 0.974. The molecular weight excluding hydrogens is 320 g/mol. The van der Waals surface area contributed by atoms with Crippen LogP contribution >= 0.6 is 12.2 Å². The lowest BCUT2D eigenvalue weighted by Crippen LogP contribution is -2.36. The van der Waals surface area contributed by atoms with Crippen molar-refractivity contribution in [1.82, 2.24) is 9.80 Å². The minimum Gasteiger partial charge on any atom is -0.504 e. The lowest BCUT2D eigenvalue weighted by molar-refractivity contribution is -0.143. The Bertz CT molecular complexity index is 701. The lowest BCUT2D eigenvalue weighted by Gasteiger charge is -2.14. The van der Waals surface area contributed by atoms with Crippen LogP contribution in [0.15, 0.2) is 23.9 Å². The molecule has 1 aromatic rings. The van der Waals surface area contributed by atoms with E-state index in [1.54, 1.807) is 25.3 Å². The first-order valence-corrected chi connectivity index (χ1v) is 7.05. The summed E-state index contributed by atoms with van der Waals surface area (Å²) in [6, 6.07) is 4.75. The second kappa shape index (κ2) is 6.66. The molecular formula is C15H16N2O5S. The van der Waals surface area contributed by atoms with Gasteiger partial charge in [-0.2, -0.15) is 0 Å². The third-order valence-electron chi connectivity index (χ3n) is 3.36. The average Bonchev–Trinajstić information content (AvgIpc) is 2.73. The molecule has 0 radical (unpaired) electrons. The average molecular weight is 336 g/mol. The van der Waals surface area contributed by atoms with Crippen molar-refractivity contribution < 1.29 is 24.2 Å². The number of likely N-dealkylation sites (N-methyl/N-ethyl adjacent to an activating group) is 1. The summed E-state index contributed by atoms with van der Waals surface area (Å²) in [4.78, 5) is 26.5. The third kappa shape index (κ3) is 3.26. The Morgan fingerprint density at radius 3 is 2.65 bits per heavy atom. The normalized spacial score (nSPS) is 16.2. The predicted molar refractivity (Wildman–Crippen MR) is 86.7 cm³/mol. The zero-order valence-electron chi connectivity index (χ0n) is 12.9. The summed E-state index contributed by atoms with van der Waals surface area (Å²) < 4.78 is 9.54. The number of methoxy groups -OCH3 is 2. The van der Waals surface area contributed by atoms with Crippen LogP contribution in [0.4, 0.5) is 0 Å². The van der Waals surface area contributed by atoms with Crippen molar-refractivity contribution in [2.24, 2.45) is 0 Å². The van der Waals surface area contributed by atoms with E-state index in [1.807, 2.05) is 0 Å². The highest BCUT2D eigenvalue weighted by Gasteiger charge is 2.36. The minimum atomic E-state index is -0.558. The van der Waals surface area contributed by atoms with E-state index in [9.17, 15) is 14.7 Å². The molecule has 1 saturated heterocycles. The number of hydrogen-bond donors (Lipinski definition) is 1. The molecule has 0 bridgehead atoms. The Morgan fingerprint density at radius 1 is 1.39 bits per heavy atom. The molecule has 0 atom stereocenters. The number of nitrogens with zero attached hydrogens (tertiary/aromatic N) is 2. The number of rotatable bonds is 4. The van der Waals surface area contributed by atoms with Gasteiger partial charge in [-0.25, -0.2) is 0 Å². The smallest absolute Gasteiger partial charge is 0.325 e. The number of benzene rings is 1. The Morgan fingerprint density at radius 2 is 2.09 bits per heavy atom. The van der Waals surface area contributed by atoms with Crippen molar-refractivity contribution >= 4 is 35.3 Å². The SMILES string of the molecule is COC(=O)CN1C(=O)/C(=C/c2ccc(OC)c(O)c2)N(C)C1=S. The Balaban J connectivity index is 2.32. The van der Waals surface area contributed by atoms with Crippen LogP contribution in [0, 0.1) is 0 Å². The summed E-state index contributed by atoms with van der Waals surface area (Å²) in [6.07, 6.45) is 1.57. The summed E-state index contributed by atoms with van der Waals surface area (Å²) in [5.74, 6) is -0.666. The minimum absolute atomic E-state index is 0.0380. The zero-order valence-corrected chi connectivity index (χ0v) is 13.7. The largest absolute Gasteiger partial charge is 0.504 e. The molecule has 1 aromatic carbocycles. The molecule has 0 unspecified atom stereocenters.